The molecule has 0 spiro atoms. The van der Waals surface area contributed by atoms with E-state index < -0.39 is 19.8 Å². The number of rotatable bonds is 6. The number of ether oxygens (including phenoxy) is 1. The number of hydrogen-bond acceptors (Lipinski definition) is 3. The topological polar surface area (TPSA) is 50.8 Å². The van der Waals surface area contributed by atoms with Gasteiger partial charge < -0.3 is 4.74 Å². The van der Waals surface area contributed by atoms with Crippen molar-refractivity contribution < 1.29 is 17.9 Å². The quantitative estimate of drug-likeness (QED) is 0.547. The maximum absolute atomic E-state index is 13.0. The van der Waals surface area contributed by atoms with E-state index in [4.69, 9.17) is 10.00 Å². The minimum absolute atomic E-state index is 0.0380. The zero-order valence-corrected chi connectivity index (χ0v) is 15.4. The third kappa shape index (κ3) is 5.72. The Morgan fingerprint density at radius 2 is 1.92 bits per heavy atom. The first-order valence-electron chi connectivity index (χ1n) is 7.81. The van der Waals surface area contributed by atoms with Crippen LogP contribution in [-0.4, -0.2) is 24.5 Å². The lowest BCUT2D eigenvalue weighted by atomic mass is 10.0. The van der Waals surface area contributed by atoms with Gasteiger partial charge in [0.1, 0.15) is 6.73 Å². The molecule has 0 saturated heterocycles. The van der Waals surface area contributed by atoms with Crippen molar-refractivity contribution in [2.45, 2.75) is 38.6 Å². The monoisotopic (exact) mass is 367 g/mol. The number of aromatic nitrogens is 2. The van der Waals surface area contributed by atoms with E-state index in [9.17, 15) is 13.2 Å². The van der Waals surface area contributed by atoms with Gasteiger partial charge in [-0.1, -0.05) is 19.6 Å². The van der Waals surface area contributed by atoms with Gasteiger partial charge >= 0.3 is 6.18 Å². The molecule has 1 aromatic heterocycles. The molecule has 0 saturated carbocycles. The van der Waals surface area contributed by atoms with E-state index in [2.05, 4.69) is 24.7 Å². The lowest BCUT2D eigenvalue weighted by Gasteiger charge is -2.15. The van der Waals surface area contributed by atoms with Crippen molar-refractivity contribution in [3.8, 4) is 17.2 Å². The maximum Gasteiger partial charge on any atom is 0.416 e. The number of halogens is 3. The van der Waals surface area contributed by atoms with Gasteiger partial charge in [0.15, 0.2) is 0 Å². The van der Waals surface area contributed by atoms with Crippen LogP contribution < -0.4 is 0 Å². The summed E-state index contributed by atoms with van der Waals surface area (Å²) in [5.74, 6) is 0. The largest absolute Gasteiger partial charge is 0.416 e. The molecule has 134 valence electrons. The Morgan fingerprint density at radius 3 is 2.52 bits per heavy atom. The Balaban J connectivity index is 2.13. The molecule has 0 aliphatic heterocycles. The second-order valence-corrected chi connectivity index (χ2v) is 12.6. The minimum atomic E-state index is -4.50. The van der Waals surface area contributed by atoms with Crippen LogP contribution in [0.1, 0.15) is 11.1 Å². The Bertz CT molecular complexity index is 773. The molecule has 1 aromatic carbocycles. The van der Waals surface area contributed by atoms with Crippen LogP contribution in [0.2, 0.25) is 25.7 Å². The summed E-state index contributed by atoms with van der Waals surface area (Å²) in [5, 5.41) is 13.1. The summed E-state index contributed by atoms with van der Waals surface area (Å²) in [7, 11) is -1.17. The molecule has 0 fully saturated rings. The van der Waals surface area contributed by atoms with E-state index in [-0.39, 0.29) is 12.3 Å². The molecular formula is C17H20F3N3OSi. The molecule has 0 bridgehead atoms. The van der Waals surface area contributed by atoms with Crippen LogP contribution in [0.3, 0.4) is 0 Å². The van der Waals surface area contributed by atoms with E-state index >= 15 is 0 Å². The molecule has 0 N–H and O–H groups in total. The lowest BCUT2D eigenvalue weighted by Crippen LogP contribution is -2.22. The number of nitriles is 1. The van der Waals surface area contributed by atoms with Crippen LogP contribution in [0, 0.1) is 11.3 Å². The van der Waals surface area contributed by atoms with Crippen molar-refractivity contribution in [3.05, 3.63) is 41.7 Å². The molecule has 0 amide bonds. The third-order valence-corrected chi connectivity index (χ3v) is 5.28. The van der Waals surface area contributed by atoms with Gasteiger partial charge in [-0.2, -0.15) is 23.5 Å². The summed E-state index contributed by atoms with van der Waals surface area (Å²) in [6.07, 6.45) is -1.42. The number of nitrogens with zero attached hydrogens (tertiary/aromatic N) is 3. The zero-order chi connectivity index (χ0) is 18.7. The molecule has 0 aliphatic rings. The van der Waals surface area contributed by atoms with Gasteiger partial charge in [0.25, 0.3) is 0 Å². The molecule has 8 heteroatoms. The van der Waals surface area contributed by atoms with Gasteiger partial charge in [-0.15, -0.1) is 0 Å². The minimum Gasteiger partial charge on any atom is -0.360 e. The first-order valence-corrected chi connectivity index (χ1v) is 11.5. The van der Waals surface area contributed by atoms with Crippen molar-refractivity contribution in [1.82, 2.24) is 9.78 Å². The Labute approximate surface area is 145 Å². The summed E-state index contributed by atoms with van der Waals surface area (Å²) < 4.78 is 46.0. The smallest absolute Gasteiger partial charge is 0.360 e. The SMILES string of the molecule is C[Si](C)(C)CCOCn1cc(-c2cc(C#N)cc(C(F)(F)F)c2)cn1. The molecule has 0 radical (unpaired) electrons. The third-order valence-electron chi connectivity index (χ3n) is 3.58. The highest BCUT2D eigenvalue weighted by atomic mass is 28.3. The molecule has 2 rings (SSSR count). The molecule has 0 unspecified atom stereocenters. The normalized spacial score (nSPS) is 12.2. The van der Waals surface area contributed by atoms with E-state index in [0.29, 0.717) is 17.7 Å². The number of hydrogen-bond donors (Lipinski definition) is 0. The van der Waals surface area contributed by atoms with Crippen molar-refractivity contribution in [3.63, 3.8) is 0 Å². The van der Waals surface area contributed by atoms with Gasteiger partial charge in [0.2, 0.25) is 0 Å². The maximum atomic E-state index is 13.0. The Hall–Kier alpha value is -2.11. The molecular weight excluding hydrogens is 347 g/mol. The molecule has 0 aliphatic carbocycles. The highest BCUT2D eigenvalue weighted by Crippen LogP contribution is 2.33. The van der Waals surface area contributed by atoms with Crippen LogP contribution in [-0.2, 0) is 17.6 Å². The van der Waals surface area contributed by atoms with E-state index in [1.807, 2.05) is 0 Å². The second kappa shape index (κ2) is 7.41. The van der Waals surface area contributed by atoms with Gasteiger partial charge in [0, 0.05) is 26.4 Å². The van der Waals surface area contributed by atoms with Gasteiger partial charge in [-0.3, -0.25) is 0 Å². The molecule has 1 heterocycles. The molecule has 4 nitrogen and oxygen atoms in total. The van der Waals surface area contributed by atoms with Crippen molar-refractivity contribution in [2.75, 3.05) is 6.61 Å². The second-order valence-electron chi connectivity index (χ2n) is 7.03. The number of alkyl halides is 3. The average Bonchev–Trinajstić information content (AvgIpc) is 2.98. The predicted octanol–water partition coefficient (Wildman–Crippen LogP) is 4.75. The fraction of sp³-hybridized carbons (Fsp3) is 0.412. The molecule has 0 atom stereocenters. The fourth-order valence-electron chi connectivity index (χ4n) is 2.14. The molecule has 2 aromatic rings. The first-order chi connectivity index (χ1) is 11.6. The summed E-state index contributed by atoms with van der Waals surface area (Å²) in [5.41, 5.74) is -0.0687. The summed E-state index contributed by atoms with van der Waals surface area (Å²) in [4.78, 5) is 0. The average molecular weight is 367 g/mol. The first kappa shape index (κ1) is 19.2. The standard InChI is InChI=1S/C17H20F3N3OSi/c1-25(2,3)5-4-24-12-23-11-15(10-22-23)14-6-13(9-21)7-16(8-14)17(18,19)20/h6-8,10-11H,4-5,12H2,1-3H3. The van der Waals surface area contributed by atoms with Gasteiger partial charge in [0.05, 0.1) is 23.4 Å². The zero-order valence-electron chi connectivity index (χ0n) is 14.4. The van der Waals surface area contributed by atoms with Crippen LogP contribution in [0.15, 0.2) is 30.6 Å². The van der Waals surface area contributed by atoms with Crippen molar-refractivity contribution in [2.24, 2.45) is 0 Å². The van der Waals surface area contributed by atoms with Crippen molar-refractivity contribution >= 4 is 8.07 Å². The predicted molar refractivity (Wildman–Crippen MR) is 91.5 cm³/mol. The Kier molecular flexibility index (Phi) is 5.70. The Morgan fingerprint density at radius 1 is 1.20 bits per heavy atom. The van der Waals surface area contributed by atoms with Crippen LogP contribution in [0.5, 0.6) is 0 Å². The summed E-state index contributed by atoms with van der Waals surface area (Å²) >= 11 is 0. The lowest BCUT2D eigenvalue weighted by molar-refractivity contribution is -0.137. The highest BCUT2D eigenvalue weighted by molar-refractivity contribution is 6.76. The fourth-order valence-corrected chi connectivity index (χ4v) is 2.90. The summed E-state index contributed by atoms with van der Waals surface area (Å²) in [6, 6.07) is 6.07. The highest BCUT2D eigenvalue weighted by Gasteiger charge is 2.31. The number of benzene rings is 1. The van der Waals surface area contributed by atoms with Crippen LogP contribution in [0.25, 0.3) is 11.1 Å². The van der Waals surface area contributed by atoms with Gasteiger partial charge in [-0.05, 0) is 29.8 Å². The van der Waals surface area contributed by atoms with E-state index in [1.54, 1.807) is 12.3 Å². The molecule has 25 heavy (non-hydrogen) atoms. The van der Waals surface area contributed by atoms with Crippen LogP contribution in [0.4, 0.5) is 13.2 Å². The summed E-state index contributed by atoms with van der Waals surface area (Å²) in [6.45, 7) is 7.63. The van der Waals surface area contributed by atoms with Crippen molar-refractivity contribution in [1.29, 1.82) is 5.26 Å². The van der Waals surface area contributed by atoms with E-state index in [0.717, 1.165) is 18.2 Å². The van der Waals surface area contributed by atoms with Crippen LogP contribution >= 0.6 is 0 Å². The van der Waals surface area contributed by atoms with E-state index in [1.165, 1.54) is 16.9 Å². The van der Waals surface area contributed by atoms with Gasteiger partial charge in [-0.25, -0.2) is 4.68 Å².